The predicted molar refractivity (Wildman–Crippen MR) is 96.5 cm³/mol. The normalized spacial score (nSPS) is 22.2. The Hall–Kier alpha value is -1.95. The van der Waals surface area contributed by atoms with E-state index in [1.165, 1.54) is 12.1 Å². The second kappa shape index (κ2) is 7.52. The number of carbonyl (C=O) groups excluding carboxylic acids is 1. The molecule has 2 aromatic rings. The predicted octanol–water partition coefficient (Wildman–Crippen LogP) is 2.73. The quantitative estimate of drug-likeness (QED) is 0.893. The summed E-state index contributed by atoms with van der Waals surface area (Å²) in [5.41, 5.74) is 2.35. The highest BCUT2D eigenvalue weighted by Crippen LogP contribution is 2.23. The van der Waals surface area contributed by atoms with Crippen LogP contribution in [-0.2, 0) is 4.74 Å². The molecule has 0 bridgehead atoms. The van der Waals surface area contributed by atoms with Gasteiger partial charge in [-0.3, -0.25) is 4.79 Å². The fourth-order valence-electron chi connectivity index (χ4n) is 3.42. The van der Waals surface area contributed by atoms with Gasteiger partial charge in [0.05, 0.1) is 18.8 Å². The Morgan fingerprint density at radius 1 is 1.12 bits per heavy atom. The third-order valence-electron chi connectivity index (χ3n) is 4.68. The van der Waals surface area contributed by atoms with Crippen LogP contribution < -0.4 is 5.32 Å². The first-order chi connectivity index (χ1) is 11.7. The van der Waals surface area contributed by atoms with Gasteiger partial charge in [0, 0.05) is 25.2 Å². The van der Waals surface area contributed by atoms with Crippen molar-refractivity contribution in [3.05, 3.63) is 59.9 Å². The number of fused-ring (bicyclic) bond motifs is 1. The van der Waals surface area contributed by atoms with Gasteiger partial charge in [-0.05, 0) is 35.4 Å². The zero-order valence-corrected chi connectivity index (χ0v) is 14.5. The van der Waals surface area contributed by atoms with Gasteiger partial charge in [0.15, 0.2) is 0 Å². The molecule has 1 N–H and O–H groups in total. The Balaban J connectivity index is 0.00000182. The number of nitrogens with zero attached hydrogens (tertiary/aromatic N) is 1. The Kier molecular flexibility index (Phi) is 5.37. The largest absolute Gasteiger partial charge is 0.373 e. The van der Waals surface area contributed by atoms with E-state index < -0.39 is 0 Å². The zero-order valence-electron chi connectivity index (χ0n) is 13.7. The van der Waals surface area contributed by atoms with Crippen molar-refractivity contribution in [2.24, 2.45) is 0 Å². The zero-order chi connectivity index (χ0) is 16.5. The molecule has 132 valence electrons. The SMILES string of the molecule is Cl.O=C(c1ccc(-c2cccc(F)c2)cc1)N1C[C@@H]2NCCO[C@H]2C1. The minimum absolute atomic E-state index is 0. The van der Waals surface area contributed by atoms with Crippen molar-refractivity contribution in [3.8, 4) is 11.1 Å². The summed E-state index contributed by atoms with van der Waals surface area (Å²) < 4.78 is 19.0. The average molecular weight is 363 g/mol. The summed E-state index contributed by atoms with van der Waals surface area (Å²) in [5, 5.41) is 3.40. The van der Waals surface area contributed by atoms with Crippen molar-refractivity contribution in [2.75, 3.05) is 26.2 Å². The molecule has 2 aliphatic heterocycles. The highest BCUT2D eigenvalue weighted by molar-refractivity contribution is 5.95. The van der Waals surface area contributed by atoms with Gasteiger partial charge >= 0.3 is 0 Å². The Morgan fingerprint density at radius 2 is 1.92 bits per heavy atom. The van der Waals surface area contributed by atoms with Crippen LogP contribution in [0.3, 0.4) is 0 Å². The van der Waals surface area contributed by atoms with E-state index >= 15 is 0 Å². The number of likely N-dealkylation sites (tertiary alicyclic amines) is 1. The van der Waals surface area contributed by atoms with Crippen molar-refractivity contribution in [1.29, 1.82) is 0 Å². The summed E-state index contributed by atoms with van der Waals surface area (Å²) in [5.74, 6) is -0.250. The van der Waals surface area contributed by atoms with E-state index in [1.54, 1.807) is 18.2 Å². The number of nitrogens with one attached hydrogen (secondary N) is 1. The Labute approximate surface area is 152 Å². The summed E-state index contributed by atoms with van der Waals surface area (Å²) in [6.45, 7) is 2.84. The first kappa shape index (κ1) is 17.9. The van der Waals surface area contributed by atoms with E-state index in [4.69, 9.17) is 4.74 Å². The third-order valence-corrected chi connectivity index (χ3v) is 4.68. The molecule has 2 heterocycles. The summed E-state index contributed by atoms with van der Waals surface area (Å²) in [6, 6.07) is 14.0. The van der Waals surface area contributed by atoms with Gasteiger partial charge in [-0.15, -0.1) is 12.4 Å². The molecule has 25 heavy (non-hydrogen) atoms. The smallest absolute Gasteiger partial charge is 0.253 e. The minimum Gasteiger partial charge on any atom is -0.373 e. The molecule has 4 rings (SSSR count). The van der Waals surface area contributed by atoms with E-state index in [0.717, 1.165) is 17.7 Å². The molecule has 0 aromatic heterocycles. The van der Waals surface area contributed by atoms with Crippen molar-refractivity contribution in [3.63, 3.8) is 0 Å². The van der Waals surface area contributed by atoms with Crippen LogP contribution >= 0.6 is 12.4 Å². The van der Waals surface area contributed by atoms with Gasteiger partial charge in [-0.25, -0.2) is 4.39 Å². The Bertz CT molecular complexity index is 739. The molecular formula is C19H20ClFN2O2. The maximum Gasteiger partial charge on any atom is 0.253 e. The van der Waals surface area contributed by atoms with Crippen LogP contribution in [0.2, 0.25) is 0 Å². The van der Waals surface area contributed by atoms with Gasteiger partial charge in [0.1, 0.15) is 5.82 Å². The van der Waals surface area contributed by atoms with E-state index in [0.29, 0.717) is 25.3 Å². The van der Waals surface area contributed by atoms with E-state index in [9.17, 15) is 9.18 Å². The monoisotopic (exact) mass is 362 g/mol. The molecule has 2 aliphatic rings. The first-order valence-electron chi connectivity index (χ1n) is 8.21. The molecular weight excluding hydrogens is 343 g/mol. The molecule has 4 nitrogen and oxygen atoms in total. The van der Waals surface area contributed by atoms with E-state index in [1.807, 2.05) is 23.1 Å². The van der Waals surface area contributed by atoms with Crippen LogP contribution in [0.15, 0.2) is 48.5 Å². The molecule has 0 aliphatic carbocycles. The van der Waals surface area contributed by atoms with E-state index in [2.05, 4.69) is 5.32 Å². The number of ether oxygens (including phenoxy) is 1. The molecule has 0 radical (unpaired) electrons. The first-order valence-corrected chi connectivity index (χ1v) is 8.21. The van der Waals surface area contributed by atoms with Gasteiger partial charge in [-0.1, -0.05) is 24.3 Å². The van der Waals surface area contributed by atoms with Crippen LogP contribution in [0, 0.1) is 5.82 Å². The second-order valence-electron chi connectivity index (χ2n) is 6.27. The number of halogens is 2. The molecule has 2 aromatic carbocycles. The van der Waals surface area contributed by atoms with E-state index in [-0.39, 0.29) is 36.3 Å². The highest BCUT2D eigenvalue weighted by atomic mass is 35.5. The topological polar surface area (TPSA) is 41.6 Å². The minimum atomic E-state index is -0.264. The summed E-state index contributed by atoms with van der Waals surface area (Å²) in [4.78, 5) is 14.5. The number of carbonyl (C=O) groups is 1. The maximum absolute atomic E-state index is 13.3. The summed E-state index contributed by atoms with van der Waals surface area (Å²) in [6.07, 6.45) is 0.0919. The number of hydrogen-bond acceptors (Lipinski definition) is 3. The molecule has 1 amide bonds. The molecule has 2 atom stereocenters. The average Bonchev–Trinajstić information content (AvgIpc) is 3.05. The van der Waals surface area contributed by atoms with Gasteiger partial charge < -0.3 is 15.0 Å². The number of rotatable bonds is 2. The standard InChI is InChI=1S/C19H19FN2O2.ClH/c20-16-3-1-2-15(10-16)13-4-6-14(7-5-13)19(23)22-11-17-18(12-22)24-9-8-21-17;/h1-7,10,17-18,21H,8-9,11-12H2;1H/t17-,18-;/m0./s1. The Morgan fingerprint density at radius 3 is 2.64 bits per heavy atom. The number of hydrogen-bond donors (Lipinski definition) is 1. The van der Waals surface area contributed by atoms with Crippen LogP contribution in [-0.4, -0.2) is 49.2 Å². The number of morpholine rings is 1. The van der Waals surface area contributed by atoms with Gasteiger partial charge in [0.2, 0.25) is 0 Å². The molecule has 0 spiro atoms. The molecule has 2 fully saturated rings. The van der Waals surface area contributed by atoms with Crippen LogP contribution in [0.25, 0.3) is 11.1 Å². The summed E-state index contributed by atoms with van der Waals surface area (Å²) in [7, 11) is 0. The fraction of sp³-hybridized carbons (Fsp3) is 0.316. The van der Waals surface area contributed by atoms with Crippen LogP contribution in [0.1, 0.15) is 10.4 Å². The lowest BCUT2D eigenvalue weighted by molar-refractivity contribution is 0.0176. The molecule has 6 heteroatoms. The van der Waals surface area contributed by atoms with Crippen molar-refractivity contribution < 1.29 is 13.9 Å². The lowest BCUT2D eigenvalue weighted by Gasteiger charge is -2.25. The van der Waals surface area contributed by atoms with Gasteiger partial charge in [0.25, 0.3) is 5.91 Å². The van der Waals surface area contributed by atoms with Crippen molar-refractivity contribution in [2.45, 2.75) is 12.1 Å². The molecule has 2 saturated heterocycles. The maximum atomic E-state index is 13.3. The highest BCUT2D eigenvalue weighted by Gasteiger charge is 2.37. The van der Waals surface area contributed by atoms with Crippen LogP contribution in [0.5, 0.6) is 0 Å². The number of benzene rings is 2. The molecule has 0 unspecified atom stereocenters. The van der Waals surface area contributed by atoms with Crippen LogP contribution in [0.4, 0.5) is 4.39 Å². The summed E-state index contributed by atoms with van der Waals surface area (Å²) >= 11 is 0. The second-order valence-corrected chi connectivity index (χ2v) is 6.27. The lowest BCUT2D eigenvalue weighted by atomic mass is 10.0. The molecule has 0 saturated carbocycles. The number of amides is 1. The fourth-order valence-corrected chi connectivity index (χ4v) is 3.42. The van der Waals surface area contributed by atoms with Crippen molar-refractivity contribution in [1.82, 2.24) is 10.2 Å². The van der Waals surface area contributed by atoms with Gasteiger partial charge in [-0.2, -0.15) is 0 Å². The lowest BCUT2D eigenvalue weighted by Crippen LogP contribution is -2.47. The van der Waals surface area contributed by atoms with Crippen molar-refractivity contribution >= 4 is 18.3 Å². The third kappa shape index (κ3) is 3.68.